The number of hydrogen-bond acceptors (Lipinski definition) is 1. The molecule has 0 amide bonds. The first-order valence-corrected chi connectivity index (χ1v) is 5.74. The zero-order valence-electron chi connectivity index (χ0n) is 9.48. The van der Waals surface area contributed by atoms with Gasteiger partial charge in [0.1, 0.15) is 0 Å². The van der Waals surface area contributed by atoms with E-state index < -0.39 is 0 Å². The molecule has 2 rings (SSSR count). The molecule has 1 nitrogen and oxygen atoms in total. The smallest absolute Gasteiger partial charge is 0.0175 e. The minimum Gasteiger partial charge on any atom is -0.313 e. The van der Waals surface area contributed by atoms with Crippen LogP contribution in [-0.2, 0) is 0 Å². The molecule has 13 heavy (non-hydrogen) atoms. The molecule has 3 unspecified atom stereocenters. The highest BCUT2D eigenvalue weighted by atomic mass is 15.0. The van der Waals surface area contributed by atoms with Crippen LogP contribution in [0.3, 0.4) is 0 Å². The Balaban J connectivity index is 2.23. The zero-order chi connectivity index (χ0) is 9.69. The summed E-state index contributed by atoms with van der Waals surface area (Å²) in [6.45, 7) is 10.7. The third-order valence-corrected chi connectivity index (χ3v) is 4.68. The second-order valence-corrected chi connectivity index (χ2v) is 5.91. The maximum absolute atomic E-state index is 3.71. The van der Waals surface area contributed by atoms with Gasteiger partial charge in [-0.1, -0.05) is 27.7 Å². The second-order valence-electron chi connectivity index (χ2n) is 5.91. The lowest BCUT2D eigenvalue weighted by molar-refractivity contribution is 0.111. The van der Waals surface area contributed by atoms with Crippen molar-refractivity contribution < 1.29 is 0 Å². The lowest BCUT2D eigenvalue weighted by Crippen LogP contribution is -2.50. The molecule has 0 saturated heterocycles. The van der Waals surface area contributed by atoms with Gasteiger partial charge in [0, 0.05) is 6.04 Å². The third kappa shape index (κ3) is 1.16. The summed E-state index contributed by atoms with van der Waals surface area (Å²) in [5.74, 6) is 0.974. The van der Waals surface area contributed by atoms with Crippen LogP contribution in [-0.4, -0.2) is 12.6 Å². The van der Waals surface area contributed by atoms with Crippen molar-refractivity contribution in [3.05, 3.63) is 0 Å². The van der Waals surface area contributed by atoms with Crippen LogP contribution in [0.15, 0.2) is 0 Å². The van der Waals surface area contributed by atoms with Crippen molar-refractivity contribution in [2.45, 2.75) is 53.0 Å². The summed E-state index contributed by atoms with van der Waals surface area (Å²) < 4.78 is 0. The first-order chi connectivity index (χ1) is 6.00. The van der Waals surface area contributed by atoms with E-state index in [1.165, 1.54) is 19.3 Å². The van der Waals surface area contributed by atoms with E-state index in [4.69, 9.17) is 0 Å². The van der Waals surface area contributed by atoms with Gasteiger partial charge in [-0.05, 0) is 42.6 Å². The van der Waals surface area contributed by atoms with Crippen LogP contribution in [0.1, 0.15) is 47.0 Å². The minimum absolute atomic E-state index is 0.531. The van der Waals surface area contributed by atoms with Gasteiger partial charge in [0.25, 0.3) is 0 Å². The van der Waals surface area contributed by atoms with Gasteiger partial charge in [0.15, 0.2) is 0 Å². The molecule has 2 bridgehead atoms. The highest BCUT2D eigenvalue weighted by molar-refractivity contribution is 5.11. The Hall–Kier alpha value is -0.0400. The van der Waals surface area contributed by atoms with Gasteiger partial charge in [-0.2, -0.15) is 0 Å². The zero-order valence-corrected chi connectivity index (χ0v) is 9.48. The van der Waals surface area contributed by atoms with Gasteiger partial charge in [-0.15, -0.1) is 0 Å². The van der Waals surface area contributed by atoms with Crippen LogP contribution >= 0.6 is 0 Å². The summed E-state index contributed by atoms with van der Waals surface area (Å²) in [5.41, 5.74) is 1.13. The second kappa shape index (κ2) is 2.73. The molecule has 2 aliphatic carbocycles. The summed E-state index contributed by atoms with van der Waals surface area (Å²) in [7, 11) is 0. The van der Waals surface area contributed by atoms with E-state index in [2.05, 4.69) is 33.0 Å². The minimum atomic E-state index is 0.531. The van der Waals surface area contributed by atoms with Crippen LogP contribution in [0.4, 0.5) is 0 Å². The molecule has 1 heteroatoms. The molecule has 0 radical (unpaired) electrons. The SMILES string of the molecule is CCNC1C2(C)CCC(C2)C1(C)C. The van der Waals surface area contributed by atoms with E-state index in [9.17, 15) is 0 Å². The highest BCUT2D eigenvalue weighted by Crippen LogP contribution is 2.62. The van der Waals surface area contributed by atoms with Crippen LogP contribution in [0.5, 0.6) is 0 Å². The fraction of sp³-hybridized carbons (Fsp3) is 1.00. The number of rotatable bonds is 2. The highest BCUT2D eigenvalue weighted by Gasteiger charge is 2.58. The van der Waals surface area contributed by atoms with E-state index >= 15 is 0 Å². The molecule has 1 N–H and O–H groups in total. The molecular weight excluding hydrogens is 158 g/mol. The quantitative estimate of drug-likeness (QED) is 0.690. The summed E-state index contributed by atoms with van der Waals surface area (Å²) in [4.78, 5) is 0. The number of fused-ring (bicyclic) bond motifs is 2. The van der Waals surface area contributed by atoms with Crippen molar-refractivity contribution >= 4 is 0 Å². The summed E-state index contributed by atoms with van der Waals surface area (Å²) in [6.07, 6.45) is 4.36. The molecule has 2 aliphatic rings. The van der Waals surface area contributed by atoms with E-state index in [0.29, 0.717) is 10.8 Å². The van der Waals surface area contributed by atoms with Gasteiger partial charge in [-0.25, -0.2) is 0 Å². The van der Waals surface area contributed by atoms with E-state index in [-0.39, 0.29) is 0 Å². The molecule has 2 fully saturated rings. The molecule has 0 aromatic rings. The Morgan fingerprint density at radius 2 is 2.00 bits per heavy atom. The standard InChI is InChI=1S/C12H23N/c1-5-13-10-11(2,3)9-6-7-12(10,4)8-9/h9-10,13H,5-8H2,1-4H3. The molecular formula is C12H23N. The van der Waals surface area contributed by atoms with Crippen molar-refractivity contribution in [1.29, 1.82) is 0 Å². The molecule has 76 valence electrons. The molecule has 3 atom stereocenters. The van der Waals surface area contributed by atoms with E-state index in [1.54, 1.807) is 0 Å². The fourth-order valence-corrected chi connectivity index (χ4v) is 4.02. The Morgan fingerprint density at radius 1 is 1.31 bits per heavy atom. The Kier molecular flexibility index (Phi) is 1.99. The number of nitrogens with one attached hydrogen (secondary N) is 1. The third-order valence-electron chi connectivity index (χ3n) is 4.68. The van der Waals surface area contributed by atoms with E-state index in [0.717, 1.165) is 18.5 Å². The van der Waals surface area contributed by atoms with Crippen molar-refractivity contribution in [3.63, 3.8) is 0 Å². The maximum atomic E-state index is 3.71. The van der Waals surface area contributed by atoms with Gasteiger partial charge < -0.3 is 5.32 Å². The van der Waals surface area contributed by atoms with Crippen molar-refractivity contribution in [2.75, 3.05) is 6.54 Å². The Labute approximate surface area is 82.3 Å². The molecule has 0 aromatic carbocycles. The van der Waals surface area contributed by atoms with Crippen LogP contribution < -0.4 is 5.32 Å². The molecule has 0 aliphatic heterocycles. The summed E-state index contributed by atoms with van der Waals surface area (Å²) in [5, 5.41) is 3.71. The van der Waals surface area contributed by atoms with E-state index in [1.807, 2.05) is 0 Å². The predicted octanol–water partition coefficient (Wildman–Crippen LogP) is 2.81. The molecule has 0 heterocycles. The Bertz CT molecular complexity index is 204. The first kappa shape index (κ1) is 9.51. The van der Waals surface area contributed by atoms with Gasteiger partial charge in [-0.3, -0.25) is 0 Å². The van der Waals surface area contributed by atoms with Gasteiger partial charge in [0.2, 0.25) is 0 Å². The lowest BCUT2D eigenvalue weighted by Gasteiger charge is -2.43. The van der Waals surface area contributed by atoms with Crippen LogP contribution in [0.2, 0.25) is 0 Å². The maximum Gasteiger partial charge on any atom is 0.0175 e. The topological polar surface area (TPSA) is 12.0 Å². The van der Waals surface area contributed by atoms with Crippen LogP contribution in [0, 0.1) is 16.7 Å². The Morgan fingerprint density at radius 3 is 2.46 bits per heavy atom. The molecule has 0 aromatic heterocycles. The normalized spacial score (nSPS) is 47.1. The lowest BCUT2D eigenvalue weighted by atomic mass is 9.68. The van der Waals surface area contributed by atoms with Crippen molar-refractivity contribution in [3.8, 4) is 0 Å². The summed E-state index contributed by atoms with van der Waals surface area (Å²) >= 11 is 0. The largest absolute Gasteiger partial charge is 0.313 e. The van der Waals surface area contributed by atoms with Crippen molar-refractivity contribution in [2.24, 2.45) is 16.7 Å². The van der Waals surface area contributed by atoms with Gasteiger partial charge in [0.05, 0.1) is 0 Å². The first-order valence-electron chi connectivity index (χ1n) is 5.74. The van der Waals surface area contributed by atoms with Crippen molar-refractivity contribution in [1.82, 2.24) is 5.32 Å². The van der Waals surface area contributed by atoms with Gasteiger partial charge >= 0.3 is 0 Å². The molecule has 0 spiro atoms. The summed E-state index contributed by atoms with van der Waals surface area (Å²) in [6, 6.07) is 0.753. The monoisotopic (exact) mass is 181 g/mol. The van der Waals surface area contributed by atoms with Crippen LogP contribution in [0.25, 0.3) is 0 Å². The number of hydrogen-bond donors (Lipinski definition) is 1. The predicted molar refractivity (Wildman–Crippen MR) is 56.7 cm³/mol. The molecule has 2 saturated carbocycles. The average molecular weight is 181 g/mol. The fourth-order valence-electron chi connectivity index (χ4n) is 4.02. The average Bonchev–Trinajstić information content (AvgIpc) is 2.50.